The normalized spacial score (nSPS) is 11.0. The molecule has 3 aromatic heterocycles. The number of nitrogens with zero attached hydrogens (tertiary/aromatic N) is 2. The van der Waals surface area contributed by atoms with Gasteiger partial charge in [-0.3, -0.25) is 0 Å². The van der Waals surface area contributed by atoms with Crippen LogP contribution in [0.4, 0.5) is 11.4 Å². The standard InChI is InChI=1S/C18H14N4S/c1-10-9-23-18-16(10)17(12(7-19)8-21-18)22-14-3-4-15-13(11(14)2)5-6-20-15/h3-6,8-9,20H,1-2H3,(H,21,22). The maximum absolute atomic E-state index is 9.46. The molecular formula is C18H14N4S. The third-order valence-electron chi connectivity index (χ3n) is 4.17. The molecule has 0 amide bonds. The predicted octanol–water partition coefficient (Wildman–Crippen LogP) is 5.01. The second-order valence-electron chi connectivity index (χ2n) is 5.56. The van der Waals surface area contributed by atoms with Gasteiger partial charge < -0.3 is 10.3 Å². The van der Waals surface area contributed by atoms with Crippen LogP contribution < -0.4 is 5.32 Å². The highest BCUT2D eigenvalue weighted by molar-refractivity contribution is 7.17. The Balaban J connectivity index is 1.93. The minimum Gasteiger partial charge on any atom is -0.361 e. The summed E-state index contributed by atoms with van der Waals surface area (Å²) in [6.45, 7) is 4.14. The number of aryl methyl sites for hydroxylation is 2. The van der Waals surface area contributed by atoms with E-state index in [4.69, 9.17) is 0 Å². The number of nitrogens with one attached hydrogen (secondary N) is 2. The van der Waals surface area contributed by atoms with Gasteiger partial charge in [-0.05, 0) is 48.6 Å². The van der Waals surface area contributed by atoms with E-state index in [1.54, 1.807) is 17.5 Å². The van der Waals surface area contributed by atoms with Gasteiger partial charge in [0.15, 0.2) is 0 Å². The molecule has 0 aliphatic carbocycles. The van der Waals surface area contributed by atoms with E-state index in [2.05, 4.69) is 52.7 Å². The number of thiophene rings is 1. The van der Waals surface area contributed by atoms with Crippen LogP contribution in [0.3, 0.4) is 0 Å². The molecule has 23 heavy (non-hydrogen) atoms. The van der Waals surface area contributed by atoms with Crippen molar-refractivity contribution in [3.63, 3.8) is 0 Å². The first-order chi connectivity index (χ1) is 11.2. The summed E-state index contributed by atoms with van der Waals surface area (Å²) in [4.78, 5) is 8.56. The Kier molecular flexibility index (Phi) is 3.07. The summed E-state index contributed by atoms with van der Waals surface area (Å²) in [5.74, 6) is 0. The molecule has 0 aliphatic rings. The van der Waals surface area contributed by atoms with Crippen molar-refractivity contribution < 1.29 is 0 Å². The van der Waals surface area contributed by atoms with E-state index >= 15 is 0 Å². The molecule has 4 aromatic rings. The van der Waals surface area contributed by atoms with E-state index in [1.807, 2.05) is 12.3 Å². The van der Waals surface area contributed by atoms with Gasteiger partial charge in [-0.25, -0.2) is 4.98 Å². The SMILES string of the molecule is Cc1c(Nc2c(C#N)cnc3scc(C)c23)ccc2[nH]ccc12. The van der Waals surface area contributed by atoms with Gasteiger partial charge in [0.05, 0.1) is 11.3 Å². The summed E-state index contributed by atoms with van der Waals surface area (Å²) in [5.41, 5.74) is 5.82. The Bertz CT molecular complexity index is 1080. The number of rotatable bonds is 2. The van der Waals surface area contributed by atoms with Crippen LogP contribution in [0.5, 0.6) is 0 Å². The zero-order valence-electron chi connectivity index (χ0n) is 12.8. The summed E-state index contributed by atoms with van der Waals surface area (Å²) in [6, 6.07) is 8.41. The first kappa shape index (κ1) is 13.8. The third kappa shape index (κ3) is 2.07. The molecule has 3 heterocycles. The fourth-order valence-corrected chi connectivity index (χ4v) is 3.82. The van der Waals surface area contributed by atoms with Gasteiger partial charge in [-0.1, -0.05) is 0 Å². The van der Waals surface area contributed by atoms with Gasteiger partial charge in [0.1, 0.15) is 10.9 Å². The van der Waals surface area contributed by atoms with E-state index in [0.717, 1.165) is 38.2 Å². The molecule has 4 rings (SSSR count). The quantitative estimate of drug-likeness (QED) is 0.546. The Morgan fingerprint density at radius 1 is 1.26 bits per heavy atom. The largest absolute Gasteiger partial charge is 0.361 e. The summed E-state index contributed by atoms with van der Waals surface area (Å²) >= 11 is 1.60. The molecule has 2 N–H and O–H groups in total. The monoisotopic (exact) mass is 318 g/mol. The van der Waals surface area contributed by atoms with Gasteiger partial charge in [-0.15, -0.1) is 11.3 Å². The van der Waals surface area contributed by atoms with Crippen molar-refractivity contribution in [2.24, 2.45) is 0 Å². The van der Waals surface area contributed by atoms with Gasteiger partial charge in [0.25, 0.3) is 0 Å². The molecule has 0 spiro atoms. The minimum absolute atomic E-state index is 0.563. The topological polar surface area (TPSA) is 64.5 Å². The molecule has 0 fully saturated rings. The van der Waals surface area contributed by atoms with Gasteiger partial charge in [-0.2, -0.15) is 5.26 Å². The Morgan fingerprint density at radius 3 is 2.96 bits per heavy atom. The number of H-pyrrole nitrogens is 1. The van der Waals surface area contributed by atoms with E-state index in [-0.39, 0.29) is 0 Å². The first-order valence-electron chi connectivity index (χ1n) is 7.29. The summed E-state index contributed by atoms with van der Waals surface area (Å²) in [5, 5.41) is 17.2. The lowest BCUT2D eigenvalue weighted by Crippen LogP contribution is -1.98. The molecule has 0 atom stereocenters. The van der Waals surface area contributed by atoms with Crippen LogP contribution in [-0.4, -0.2) is 9.97 Å². The number of fused-ring (bicyclic) bond motifs is 2. The predicted molar refractivity (Wildman–Crippen MR) is 95.4 cm³/mol. The summed E-state index contributed by atoms with van der Waals surface area (Å²) < 4.78 is 0. The van der Waals surface area contributed by atoms with Crippen molar-refractivity contribution in [2.75, 3.05) is 5.32 Å². The summed E-state index contributed by atoms with van der Waals surface area (Å²) in [6.07, 6.45) is 3.58. The molecular weight excluding hydrogens is 304 g/mol. The number of benzene rings is 1. The maximum Gasteiger partial charge on any atom is 0.125 e. The highest BCUT2D eigenvalue weighted by atomic mass is 32.1. The van der Waals surface area contributed by atoms with Gasteiger partial charge in [0.2, 0.25) is 0 Å². The average molecular weight is 318 g/mol. The van der Waals surface area contributed by atoms with Crippen LogP contribution >= 0.6 is 11.3 Å². The van der Waals surface area contributed by atoms with Gasteiger partial charge >= 0.3 is 0 Å². The number of anilines is 2. The molecule has 0 saturated heterocycles. The molecule has 0 bridgehead atoms. The first-order valence-corrected chi connectivity index (χ1v) is 8.17. The Hall–Kier alpha value is -2.84. The number of hydrogen-bond donors (Lipinski definition) is 2. The Morgan fingerprint density at radius 2 is 2.13 bits per heavy atom. The second kappa shape index (κ2) is 5.11. The number of pyridine rings is 1. The second-order valence-corrected chi connectivity index (χ2v) is 6.42. The van der Waals surface area contributed by atoms with E-state index in [0.29, 0.717) is 5.56 Å². The highest BCUT2D eigenvalue weighted by Crippen LogP contribution is 2.36. The molecule has 0 radical (unpaired) electrons. The fourth-order valence-electron chi connectivity index (χ4n) is 2.92. The molecule has 5 heteroatoms. The zero-order chi connectivity index (χ0) is 16.0. The number of aromatic nitrogens is 2. The van der Waals surface area contributed by atoms with Crippen LogP contribution in [0.1, 0.15) is 16.7 Å². The van der Waals surface area contributed by atoms with E-state index in [9.17, 15) is 5.26 Å². The van der Waals surface area contributed by atoms with Crippen LogP contribution in [0.15, 0.2) is 36.0 Å². The maximum atomic E-state index is 9.46. The number of nitriles is 1. The zero-order valence-corrected chi connectivity index (χ0v) is 13.6. The molecule has 1 aromatic carbocycles. The molecule has 0 saturated carbocycles. The van der Waals surface area contributed by atoms with Crippen LogP contribution in [0.25, 0.3) is 21.1 Å². The lowest BCUT2D eigenvalue weighted by atomic mass is 10.1. The number of hydrogen-bond acceptors (Lipinski definition) is 4. The van der Waals surface area contributed by atoms with Crippen LogP contribution in [-0.2, 0) is 0 Å². The van der Waals surface area contributed by atoms with Crippen molar-refractivity contribution in [1.82, 2.24) is 9.97 Å². The Labute approximate surface area is 137 Å². The van der Waals surface area contributed by atoms with E-state index in [1.165, 1.54) is 5.39 Å². The highest BCUT2D eigenvalue weighted by Gasteiger charge is 2.14. The minimum atomic E-state index is 0.563. The molecule has 4 nitrogen and oxygen atoms in total. The smallest absolute Gasteiger partial charge is 0.125 e. The van der Waals surface area contributed by atoms with Crippen molar-refractivity contribution in [3.8, 4) is 6.07 Å². The van der Waals surface area contributed by atoms with Crippen LogP contribution in [0.2, 0.25) is 0 Å². The van der Waals surface area contributed by atoms with Gasteiger partial charge in [0, 0.05) is 34.4 Å². The fraction of sp³-hybridized carbons (Fsp3) is 0.111. The van der Waals surface area contributed by atoms with Crippen molar-refractivity contribution in [3.05, 3.63) is 52.7 Å². The molecule has 0 unspecified atom stereocenters. The molecule has 112 valence electrons. The average Bonchev–Trinajstić information content (AvgIpc) is 3.18. The van der Waals surface area contributed by atoms with Crippen LogP contribution in [0, 0.1) is 25.2 Å². The summed E-state index contributed by atoms with van der Waals surface area (Å²) in [7, 11) is 0. The van der Waals surface area contributed by atoms with Crippen molar-refractivity contribution >= 4 is 43.8 Å². The number of aromatic amines is 1. The van der Waals surface area contributed by atoms with E-state index < -0.39 is 0 Å². The lowest BCUT2D eigenvalue weighted by Gasteiger charge is -2.13. The third-order valence-corrected chi connectivity index (χ3v) is 5.17. The molecule has 0 aliphatic heterocycles. The lowest BCUT2D eigenvalue weighted by molar-refractivity contribution is 1.37. The van der Waals surface area contributed by atoms with Crippen molar-refractivity contribution in [1.29, 1.82) is 5.26 Å². The van der Waals surface area contributed by atoms with Crippen molar-refractivity contribution in [2.45, 2.75) is 13.8 Å².